The Bertz CT molecular complexity index is 97.9. The lowest BCUT2D eigenvalue weighted by molar-refractivity contribution is 0.126. The molecule has 3 heteroatoms. The molecule has 0 aromatic heterocycles. The van der Waals surface area contributed by atoms with E-state index in [1.165, 1.54) is 6.21 Å². The molecule has 1 aliphatic rings. The Morgan fingerprint density at radius 3 is 2.71 bits per heavy atom. The minimum Gasteiger partial charge on any atom is -0.371 e. The zero-order valence-electron chi connectivity index (χ0n) is 3.96. The van der Waals surface area contributed by atoms with Crippen molar-refractivity contribution in [3.63, 3.8) is 0 Å². The highest BCUT2D eigenvalue weighted by molar-refractivity contribution is 5.69. The Morgan fingerprint density at radius 1 is 1.86 bits per heavy atom. The third-order valence-electron chi connectivity index (χ3n) is 0.956. The lowest BCUT2D eigenvalue weighted by Crippen LogP contribution is -2.38. The van der Waals surface area contributed by atoms with Crippen LogP contribution in [0.1, 0.15) is 6.42 Å². The molecular formula is C4H8N2O. The molecule has 0 saturated carbocycles. The van der Waals surface area contributed by atoms with Gasteiger partial charge in [0.25, 0.3) is 0 Å². The molecule has 1 rings (SSSR count). The van der Waals surface area contributed by atoms with Crippen LogP contribution in [0, 0.1) is 0 Å². The Hall–Kier alpha value is -0.410. The average molecular weight is 100 g/mol. The molecule has 0 aromatic carbocycles. The van der Waals surface area contributed by atoms with Gasteiger partial charge in [-0.25, -0.2) is 0 Å². The van der Waals surface area contributed by atoms with Gasteiger partial charge in [0.15, 0.2) is 5.72 Å². The maximum atomic E-state index is 8.82. The van der Waals surface area contributed by atoms with Crippen molar-refractivity contribution >= 4 is 6.21 Å². The summed E-state index contributed by atoms with van der Waals surface area (Å²) in [5.74, 6) is 0. The first kappa shape index (κ1) is 4.74. The van der Waals surface area contributed by atoms with E-state index in [1.54, 1.807) is 0 Å². The van der Waals surface area contributed by atoms with E-state index in [4.69, 9.17) is 10.8 Å². The van der Waals surface area contributed by atoms with Gasteiger partial charge in [-0.1, -0.05) is 0 Å². The number of hydrogen-bond acceptors (Lipinski definition) is 3. The van der Waals surface area contributed by atoms with Crippen molar-refractivity contribution in [2.45, 2.75) is 12.1 Å². The van der Waals surface area contributed by atoms with E-state index in [1.807, 2.05) is 0 Å². The van der Waals surface area contributed by atoms with Crippen LogP contribution in [-0.2, 0) is 0 Å². The van der Waals surface area contributed by atoms with Crippen molar-refractivity contribution in [3.8, 4) is 0 Å². The normalized spacial score (nSPS) is 39.7. The fraction of sp³-hybridized carbons (Fsp3) is 0.750. The number of aliphatic imine (C=N–C) groups is 1. The maximum absolute atomic E-state index is 8.82. The smallest absolute Gasteiger partial charge is 0.151 e. The van der Waals surface area contributed by atoms with Gasteiger partial charge in [-0.2, -0.15) is 0 Å². The zero-order chi connectivity index (χ0) is 5.33. The van der Waals surface area contributed by atoms with Crippen LogP contribution in [-0.4, -0.2) is 23.6 Å². The minimum absolute atomic E-state index is 0.562. The molecule has 1 heterocycles. The summed E-state index contributed by atoms with van der Waals surface area (Å²) in [4.78, 5) is 3.74. The second-order valence-electron chi connectivity index (χ2n) is 1.78. The Balaban J connectivity index is 2.57. The van der Waals surface area contributed by atoms with Crippen LogP contribution >= 0.6 is 0 Å². The second-order valence-corrected chi connectivity index (χ2v) is 1.78. The first-order chi connectivity index (χ1) is 3.21. The Kier molecular flexibility index (Phi) is 0.867. The van der Waals surface area contributed by atoms with Crippen molar-refractivity contribution in [1.29, 1.82) is 0 Å². The standard InChI is InChI=1S/C4H8N2O/c5-4(7)1-2-6-3-4/h3,7H,1-2,5H2. The largest absolute Gasteiger partial charge is 0.371 e. The molecule has 0 spiro atoms. The van der Waals surface area contributed by atoms with E-state index in [2.05, 4.69) is 4.99 Å². The molecule has 3 N–H and O–H groups in total. The zero-order valence-corrected chi connectivity index (χ0v) is 3.96. The van der Waals surface area contributed by atoms with Gasteiger partial charge in [0.2, 0.25) is 0 Å². The molecule has 1 atom stereocenters. The molecule has 3 nitrogen and oxygen atoms in total. The predicted molar refractivity (Wildman–Crippen MR) is 27.1 cm³/mol. The van der Waals surface area contributed by atoms with Gasteiger partial charge >= 0.3 is 0 Å². The SMILES string of the molecule is NC1(O)C=NCC1. The third kappa shape index (κ3) is 0.976. The molecule has 1 aliphatic heterocycles. The lowest BCUT2D eigenvalue weighted by Gasteiger charge is -2.08. The highest BCUT2D eigenvalue weighted by Gasteiger charge is 2.20. The number of nitrogens with zero attached hydrogens (tertiary/aromatic N) is 1. The molecule has 0 fully saturated rings. The van der Waals surface area contributed by atoms with Crippen LogP contribution in [0.2, 0.25) is 0 Å². The quantitative estimate of drug-likeness (QED) is 0.388. The van der Waals surface area contributed by atoms with Crippen LogP contribution < -0.4 is 5.73 Å². The first-order valence-corrected chi connectivity index (χ1v) is 2.23. The fourth-order valence-electron chi connectivity index (χ4n) is 0.531. The Morgan fingerprint density at radius 2 is 2.57 bits per heavy atom. The number of hydrogen-bond donors (Lipinski definition) is 2. The summed E-state index contributed by atoms with van der Waals surface area (Å²) >= 11 is 0. The number of aliphatic hydroxyl groups is 1. The fourth-order valence-corrected chi connectivity index (χ4v) is 0.531. The van der Waals surface area contributed by atoms with Crippen LogP contribution in [0.4, 0.5) is 0 Å². The summed E-state index contributed by atoms with van der Waals surface area (Å²) < 4.78 is 0. The molecule has 0 aliphatic carbocycles. The maximum Gasteiger partial charge on any atom is 0.151 e. The van der Waals surface area contributed by atoms with Gasteiger partial charge in [-0.15, -0.1) is 0 Å². The molecular weight excluding hydrogens is 92.1 g/mol. The van der Waals surface area contributed by atoms with Gasteiger partial charge in [0.05, 0.1) is 0 Å². The van der Waals surface area contributed by atoms with Gasteiger partial charge < -0.3 is 5.11 Å². The summed E-state index contributed by atoms with van der Waals surface area (Å²) in [7, 11) is 0. The van der Waals surface area contributed by atoms with E-state index in [0.717, 1.165) is 0 Å². The highest BCUT2D eigenvalue weighted by atomic mass is 16.3. The van der Waals surface area contributed by atoms with Crippen LogP contribution in [0.3, 0.4) is 0 Å². The summed E-state index contributed by atoms with van der Waals surface area (Å²) in [6.45, 7) is 0.660. The molecule has 1 unspecified atom stereocenters. The van der Waals surface area contributed by atoms with Gasteiger partial charge in [-0.3, -0.25) is 10.7 Å². The van der Waals surface area contributed by atoms with E-state index in [-0.39, 0.29) is 0 Å². The number of nitrogens with two attached hydrogens (primary N) is 1. The highest BCUT2D eigenvalue weighted by Crippen LogP contribution is 2.04. The first-order valence-electron chi connectivity index (χ1n) is 2.23. The molecule has 40 valence electrons. The van der Waals surface area contributed by atoms with Crippen molar-refractivity contribution in [2.75, 3.05) is 6.54 Å². The summed E-state index contributed by atoms with van der Waals surface area (Å²) in [6.07, 6.45) is 1.94. The topological polar surface area (TPSA) is 58.6 Å². The predicted octanol–water partition coefficient (Wildman–Crippen LogP) is -0.892. The number of rotatable bonds is 0. The second kappa shape index (κ2) is 1.28. The van der Waals surface area contributed by atoms with Crippen LogP contribution in [0.15, 0.2) is 4.99 Å². The molecule has 7 heavy (non-hydrogen) atoms. The van der Waals surface area contributed by atoms with Gasteiger partial charge in [-0.05, 0) is 0 Å². The van der Waals surface area contributed by atoms with Crippen LogP contribution in [0.25, 0.3) is 0 Å². The minimum atomic E-state index is -1.10. The van der Waals surface area contributed by atoms with Gasteiger partial charge in [0.1, 0.15) is 0 Å². The van der Waals surface area contributed by atoms with Gasteiger partial charge in [0, 0.05) is 19.2 Å². The van der Waals surface area contributed by atoms with Crippen molar-refractivity contribution in [1.82, 2.24) is 0 Å². The Labute approximate surface area is 41.9 Å². The molecule has 0 amide bonds. The van der Waals surface area contributed by atoms with Crippen molar-refractivity contribution in [3.05, 3.63) is 0 Å². The van der Waals surface area contributed by atoms with Crippen molar-refractivity contribution < 1.29 is 5.11 Å². The molecule has 0 saturated heterocycles. The molecule has 0 bridgehead atoms. The lowest BCUT2D eigenvalue weighted by atomic mass is 10.2. The summed E-state index contributed by atoms with van der Waals surface area (Å²) in [6, 6.07) is 0. The molecule has 0 aromatic rings. The van der Waals surface area contributed by atoms with E-state index >= 15 is 0 Å². The third-order valence-corrected chi connectivity index (χ3v) is 0.956. The monoisotopic (exact) mass is 100 g/mol. The van der Waals surface area contributed by atoms with E-state index in [0.29, 0.717) is 13.0 Å². The van der Waals surface area contributed by atoms with Crippen molar-refractivity contribution in [2.24, 2.45) is 10.7 Å². The molecule has 0 radical (unpaired) electrons. The van der Waals surface area contributed by atoms with E-state index < -0.39 is 5.72 Å². The summed E-state index contributed by atoms with van der Waals surface area (Å²) in [5.41, 5.74) is 4.09. The van der Waals surface area contributed by atoms with Crippen LogP contribution in [0.5, 0.6) is 0 Å². The summed E-state index contributed by atoms with van der Waals surface area (Å²) in [5, 5.41) is 8.82. The van der Waals surface area contributed by atoms with E-state index in [9.17, 15) is 0 Å². The average Bonchev–Trinajstić information content (AvgIpc) is 1.84.